The van der Waals surface area contributed by atoms with E-state index < -0.39 is 0 Å². The van der Waals surface area contributed by atoms with Crippen LogP contribution in [0.1, 0.15) is 31.4 Å². The molecule has 2 unspecified atom stereocenters. The van der Waals surface area contributed by atoms with Gasteiger partial charge in [0.15, 0.2) is 0 Å². The molecular formula is C15H22N2O2. The molecule has 0 spiro atoms. The lowest BCUT2D eigenvalue weighted by molar-refractivity contribution is 0.256. The van der Waals surface area contributed by atoms with Crippen LogP contribution in [0.25, 0.3) is 11.0 Å². The summed E-state index contributed by atoms with van der Waals surface area (Å²) in [5.41, 5.74) is 7.86. The summed E-state index contributed by atoms with van der Waals surface area (Å²) in [6.45, 7) is 2.80. The van der Waals surface area contributed by atoms with Gasteiger partial charge < -0.3 is 20.6 Å². The molecule has 1 heterocycles. The number of benzene rings is 1. The fraction of sp³-hybridized carbons (Fsp3) is 0.467. The quantitative estimate of drug-likeness (QED) is 0.715. The van der Waals surface area contributed by atoms with E-state index in [1.54, 1.807) is 6.26 Å². The van der Waals surface area contributed by atoms with Crippen molar-refractivity contribution in [2.24, 2.45) is 5.73 Å². The van der Waals surface area contributed by atoms with Crippen LogP contribution in [-0.2, 0) is 0 Å². The largest absolute Gasteiger partial charge is 0.464 e. The zero-order chi connectivity index (χ0) is 13.7. The van der Waals surface area contributed by atoms with Gasteiger partial charge in [0.05, 0.1) is 6.26 Å². The lowest BCUT2D eigenvalue weighted by atomic mass is 10.0. The minimum absolute atomic E-state index is 0.0557. The number of para-hydroxylation sites is 1. The van der Waals surface area contributed by atoms with E-state index in [9.17, 15) is 0 Å². The average molecular weight is 262 g/mol. The summed E-state index contributed by atoms with van der Waals surface area (Å²) < 4.78 is 5.56. The van der Waals surface area contributed by atoms with Crippen molar-refractivity contribution < 1.29 is 9.52 Å². The Hall–Kier alpha value is -1.36. The number of hydrogen-bond acceptors (Lipinski definition) is 4. The van der Waals surface area contributed by atoms with Crippen molar-refractivity contribution in [1.29, 1.82) is 0 Å². The van der Waals surface area contributed by atoms with E-state index in [0.29, 0.717) is 6.54 Å². The number of aliphatic hydroxyl groups excluding tert-OH is 1. The molecule has 19 heavy (non-hydrogen) atoms. The molecule has 0 fully saturated rings. The summed E-state index contributed by atoms with van der Waals surface area (Å²) in [4.78, 5) is 0. The van der Waals surface area contributed by atoms with Crippen LogP contribution in [0.5, 0.6) is 0 Å². The highest BCUT2D eigenvalue weighted by Gasteiger charge is 2.18. The molecule has 0 saturated heterocycles. The number of hydrogen-bond donors (Lipinski definition) is 3. The minimum Gasteiger partial charge on any atom is -0.464 e. The van der Waals surface area contributed by atoms with Gasteiger partial charge in [-0.15, -0.1) is 0 Å². The summed E-state index contributed by atoms with van der Waals surface area (Å²) >= 11 is 0. The summed E-state index contributed by atoms with van der Waals surface area (Å²) in [6, 6.07) is 8.29. The molecule has 2 rings (SSSR count). The average Bonchev–Trinajstić information content (AvgIpc) is 2.87. The van der Waals surface area contributed by atoms with E-state index >= 15 is 0 Å². The Labute approximate surface area is 113 Å². The first-order valence-corrected chi connectivity index (χ1v) is 6.83. The molecule has 0 aliphatic carbocycles. The van der Waals surface area contributed by atoms with E-state index in [1.807, 2.05) is 24.3 Å². The maximum Gasteiger partial charge on any atom is 0.134 e. The molecule has 0 aliphatic heterocycles. The summed E-state index contributed by atoms with van der Waals surface area (Å²) in [7, 11) is 0. The van der Waals surface area contributed by atoms with Gasteiger partial charge in [-0.2, -0.15) is 0 Å². The lowest BCUT2D eigenvalue weighted by Gasteiger charge is -2.23. The predicted molar refractivity (Wildman–Crippen MR) is 76.9 cm³/mol. The molecule has 2 aromatic rings. The first-order valence-electron chi connectivity index (χ1n) is 6.83. The van der Waals surface area contributed by atoms with E-state index in [4.69, 9.17) is 15.3 Å². The Morgan fingerprint density at radius 3 is 2.84 bits per heavy atom. The lowest BCUT2D eigenvalue weighted by Crippen LogP contribution is -2.36. The van der Waals surface area contributed by atoms with Crippen LogP contribution in [0.15, 0.2) is 34.9 Å². The first-order chi connectivity index (χ1) is 9.30. The Morgan fingerprint density at radius 1 is 1.37 bits per heavy atom. The SMILES string of the molecule is CCC(CCO)NC(CN)c1coc2ccccc12. The molecule has 104 valence electrons. The van der Waals surface area contributed by atoms with E-state index in [0.717, 1.165) is 29.4 Å². The van der Waals surface area contributed by atoms with Crippen LogP contribution >= 0.6 is 0 Å². The number of furan rings is 1. The van der Waals surface area contributed by atoms with Crippen LogP contribution in [0, 0.1) is 0 Å². The maximum absolute atomic E-state index is 9.07. The maximum atomic E-state index is 9.07. The van der Waals surface area contributed by atoms with Crippen LogP contribution < -0.4 is 11.1 Å². The fourth-order valence-electron chi connectivity index (χ4n) is 2.40. The van der Waals surface area contributed by atoms with Crippen molar-refractivity contribution >= 4 is 11.0 Å². The molecule has 0 aliphatic rings. The second-order valence-electron chi connectivity index (χ2n) is 4.76. The molecule has 4 nitrogen and oxygen atoms in total. The summed E-state index contributed by atoms with van der Waals surface area (Å²) in [5, 5.41) is 13.7. The van der Waals surface area contributed by atoms with Crippen LogP contribution in [0.2, 0.25) is 0 Å². The molecule has 4 heteroatoms. The van der Waals surface area contributed by atoms with Gasteiger partial charge in [0.25, 0.3) is 0 Å². The standard InChI is InChI=1S/C15H22N2O2/c1-2-11(7-8-18)17-14(9-16)13-10-19-15-6-4-3-5-12(13)15/h3-6,10-11,14,17-18H,2,7-9,16H2,1H3. The Kier molecular flexibility index (Phi) is 4.96. The van der Waals surface area contributed by atoms with Gasteiger partial charge in [-0.3, -0.25) is 0 Å². The Bertz CT molecular complexity index is 510. The first kappa shape index (κ1) is 14.1. The second-order valence-corrected chi connectivity index (χ2v) is 4.76. The van der Waals surface area contributed by atoms with Gasteiger partial charge in [-0.1, -0.05) is 25.1 Å². The molecule has 0 radical (unpaired) electrons. The number of aliphatic hydroxyl groups is 1. The summed E-state index contributed by atoms with van der Waals surface area (Å²) in [6.07, 6.45) is 3.48. The van der Waals surface area contributed by atoms with Crippen molar-refractivity contribution in [1.82, 2.24) is 5.32 Å². The second kappa shape index (κ2) is 6.70. The third-order valence-electron chi connectivity index (χ3n) is 3.53. The van der Waals surface area contributed by atoms with Crippen molar-refractivity contribution in [3.63, 3.8) is 0 Å². The highest BCUT2D eigenvalue weighted by molar-refractivity contribution is 5.81. The number of rotatable bonds is 7. The zero-order valence-corrected chi connectivity index (χ0v) is 11.3. The van der Waals surface area contributed by atoms with Gasteiger partial charge in [-0.05, 0) is 18.9 Å². The fourth-order valence-corrected chi connectivity index (χ4v) is 2.40. The topological polar surface area (TPSA) is 71.4 Å². The molecule has 1 aromatic carbocycles. The van der Waals surface area contributed by atoms with Gasteiger partial charge in [-0.25, -0.2) is 0 Å². The molecule has 0 amide bonds. The molecular weight excluding hydrogens is 240 g/mol. The van der Waals surface area contributed by atoms with E-state index in [-0.39, 0.29) is 18.7 Å². The van der Waals surface area contributed by atoms with E-state index in [1.165, 1.54) is 0 Å². The molecule has 0 saturated carbocycles. The van der Waals surface area contributed by atoms with E-state index in [2.05, 4.69) is 12.2 Å². The minimum atomic E-state index is 0.0557. The van der Waals surface area contributed by atoms with Crippen molar-refractivity contribution in [2.45, 2.75) is 31.8 Å². The van der Waals surface area contributed by atoms with Crippen LogP contribution in [-0.4, -0.2) is 24.3 Å². The van der Waals surface area contributed by atoms with Crippen molar-refractivity contribution in [2.75, 3.05) is 13.2 Å². The Balaban J connectivity index is 2.21. The Morgan fingerprint density at radius 2 is 2.16 bits per heavy atom. The van der Waals surface area contributed by atoms with Gasteiger partial charge in [0.1, 0.15) is 5.58 Å². The van der Waals surface area contributed by atoms with Gasteiger partial charge in [0.2, 0.25) is 0 Å². The highest BCUT2D eigenvalue weighted by Crippen LogP contribution is 2.26. The zero-order valence-electron chi connectivity index (χ0n) is 11.3. The predicted octanol–water partition coefficient (Wildman–Crippen LogP) is 2.18. The third-order valence-corrected chi connectivity index (χ3v) is 3.53. The normalized spacial score (nSPS) is 14.7. The van der Waals surface area contributed by atoms with Gasteiger partial charge >= 0.3 is 0 Å². The smallest absolute Gasteiger partial charge is 0.134 e. The highest BCUT2D eigenvalue weighted by atomic mass is 16.3. The molecule has 0 bridgehead atoms. The number of nitrogens with one attached hydrogen (secondary N) is 1. The third kappa shape index (κ3) is 3.15. The van der Waals surface area contributed by atoms with Gasteiger partial charge in [0, 0.05) is 36.2 Å². The molecule has 2 atom stereocenters. The number of fused-ring (bicyclic) bond motifs is 1. The monoisotopic (exact) mass is 262 g/mol. The van der Waals surface area contributed by atoms with Crippen LogP contribution in [0.4, 0.5) is 0 Å². The van der Waals surface area contributed by atoms with Crippen molar-refractivity contribution in [3.8, 4) is 0 Å². The van der Waals surface area contributed by atoms with Crippen LogP contribution in [0.3, 0.4) is 0 Å². The van der Waals surface area contributed by atoms with Crippen molar-refractivity contribution in [3.05, 3.63) is 36.1 Å². The molecule has 1 aromatic heterocycles. The summed E-state index contributed by atoms with van der Waals surface area (Å²) in [5.74, 6) is 0. The number of nitrogens with two attached hydrogens (primary N) is 1. The molecule has 4 N–H and O–H groups in total.